The fourth-order valence-corrected chi connectivity index (χ4v) is 4.35. The van der Waals surface area contributed by atoms with E-state index >= 15 is 0 Å². The molecule has 1 atom stereocenters. The van der Waals surface area contributed by atoms with Crippen molar-refractivity contribution < 1.29 is 18.8 Å². The minimum atomic E-state index is -0.0156. The fraction of sp³-hybridized carbons (Fsp3) is 0.375. The lowest BCUT2D eigenvalue weighted by atomic mass is 9.94. The molecule has 2 aromatic carbocycles. The number of nitrogens with zero attached hydrogens (tertiary/aromatic N) is 3. The molecule has 1 amide bonds. The van der Waals surface area contributed by atoms with Gasteiger partial charge in [-0.25, -0.2) is 0 Å². The SMILES string of the molecule is Cc1ccccc1-c1noc(C[C@H]2CCCN(C(=O)c3cccc4c3OCCO4)C2)n1. The standard InChI is InChI=1S/C24H25N3O4/c1-16-6-2-3-8-18(16)23-25-21(31-26-23)14-17-7-5-11-27(15-17)24(28)19-9-4-10-20-22(19)30-13-12-29-20/h2-4,6,8-10,17H,5,7,11-15H2,1H3/t17-/m1/s1. The second kappa shape index (κ2) is 8.41. The van der Waals surface area contributed by atoms with Gasteiger partial charge in [0.2, 0.25) is 11.7 Å². The first-order valence-electron chi connectivity index (χ1n) is 10.8. The Morgan fingerprint density at radius 1 is 1.13 bits per heavy atom. The Balaban J connectivity index is 1.28. The Morgan fingerprint density at radius 2 is 2.00 bits per heavy atom. The Bertz CT molecular complexity index is 1090. The van der Waals surface area contributed by atoms with Crippen LogP contribution < -0.4 is 9.47 Å². The molecule has 0 spiro atoms. The van der Waals surface area contributed by atoms with Crippen molar-refractivity contribution in [1.82, 2.24) is 15.0 Å². The van der Waals surface area contributed by atoms with E-state index < -0.39 is 0 Å². The third-order valence-electron chi connectivity index (χ3n) is 5.92. The van der Waals surface area contributed by atoms with Crippen LogP contribution in [0.3, 0.4) is 0 Å². The van der Waals surface area contributed by atoms with Gasteiger partial charge in [0.15, 0.2) is 11.5 Å². The molecule has 7 heteroatoms. The van der Waals surface area contributed by atoms with E-state index in [9.17, 15) is 4.79 Å². The summed E-state index contributed by atoms with van der Waals surface area (Å²) >= 11 is 0. The topological polar surface area (TPSA) is 77.7 Å². The molecule has 3 heterocycles. The Hall–Kier alpha value is -3.35. The second-order valence-corrected chi connectivity index (χ2v) is 8.12. The summed E-state index contributed by atoms with van der Waals surface area (Å²) in [6, 6.07) is 13.5. The average Bonchev–Trinajstić information content (AvgIpc) is 3.27. The van der Waals surface area contributed by atoms with Gasteiger partial charge in [-0.1, -0.05) is 35.5 Å². The molecule has 0 aliphatic carbocycles. The summed E-state index contributed by atoms with van der Waals surface area (Å²) in [4.78, 5) is 19.7. The van der Waals surface area contributed by atoms with E-state index in [1.807, 2.05) is 54.3 Å². The van der Waals surface area contributed by atoms with E-state index in [1.165, 1.54) is 0 Å². The van der Waals surface area contributed by atoms with Crippen LogP contribution in [0.4, 0.5) is 0 Å². The summed E-state index contributed by atoms with van der Waals surface area (Å²) in [7, 11) is 0. The minimum Gasteiger partial charge on any atom is -0.486 e. The fourth-order valence-electron chi connectivity index (χ4n) is 4.35. The van der Waals surface area contributed by atoms with Crippen LogP contribution in [0, 0.1) is 12.8 Å². The number of aryl methyl sites for hydroxylation is 1. The number of aromatic nitrogens is 2. The lowest BCUT2D eigenvalue weighted by Crippen LogP contribution is -2.40. The molecule has 0 unspecified atom stereocenters. The van der Waals surface area contributed by atoms with Crippen molar-refractivity contribution in [1.29, 1.82) is 0 Å². The first-order chi connectivity index (χ1) is 15.2. The van der Waals surface area contributed by atoms with Crippen molar-refractivity contribution >= 4 is 5.91 Å². The van der Waals surface area contributed by atoms with Crippen LogP contribution in [-0.4, -0.2) is 47.3 Å². The molecule has 160 valence electrons. The maximum Gasteiger partial charge on any atom is 0.257 e. The number of rotatable bonds is 4. The number of hydrogen-bond donors (Lipinski definition) is 0. The van der Waals surface area contributed by atoms with Gasteiger partial charge in [0.05, 0.1) is 5.56 Å². The lowest BCUT2D eigenvalue weighted by molar-refractivity contribution is 0.0658. The van der Waals surface area contributed by atoms with Gasteiger partial charge in [-0.2, -0.15) is 4.98 Å². The molecule has 7 nitrogen and oxygen atoms in total. The predicted octanol–water partition coefficient (Wildman–Crippen LogP) is 3.91. The zero-order valence-corrected chi connectivity index (χ0v) is 17.5. The molecule has 5 rings (SSSR count). The predicted molar refractivity (Wildman–Crippen MR) is 114 cm³/mol. The van der Waals surface area contributed by atoms with Gasteiger partial charge in [-0.15, -0.1) is 0 Å². The number of hydrogen-bond acceptors (Lipinski definition) is 6. The summed E-state index contributed by atoms with van der Waals surface area (Å²) in [5, 5.41) is 4.17. The first kappa shape index (κ1) is 19.6. The molecular weight excluding hydrogens is 394 g/mol. The molecule has 1 aromatic heterocycles. The van der Waals surface area contributed by atoms with Crippen molar-refractivity contribution in [3.8, 4) is 22.9 Å². The summed E-state index contributed by atoms with van der Waals surface area (Å²) in [6.45, 7) is 4.39. The van der Waals surface area contributed by atoms with Gasteiger partial charge < -0.3 is 18.9 Å². The molecule has 2 aliphatic heterocycles. The molecular formula is C24H25N3O4. The Morgan fingerprint density at radius 3 is 2.90 bits per heavy atom. The number of amides is 1. The van der Waals surface area contributed by atoms with Crippen LogP contribution in [0.2, 0.25) is 0 Å². The number of carbonyl (C=O) groups excluding carboxylic acids is 1. The zero-order chi connectivity index (χ0) is 21.2. The van der Waals surface area contributed by atoms with Crippen LogP contribution in [0.15, 0.2) is 47.0 Å². The van der Waals surface area contributed by atoms with E-state index in [4.69, 9.17) is 14.0 Å². The summed E-state index contributed by atoms with van der Waals surface area (Å²) in [5.41, 5.74) is 2.66. The maximum atomic E-state index is 13.2. The first-order valence-corrected chi connectivity index (χ1v) is 10.8. The summed E-state index contributed by atoms with van der Waals surface area (Å²) < 4.78 is 16.9. The van der Waals surface area contributed by atoms with Crippen LogP contribution in [0.25, 0.3) is 11.4 Å². The molecule has 3 aromatic rings. The third kappa shape index (κ3) is 4.00. The zero-order valence-electron chi connectivity index (χ0n) is 17.5. The van der Waals surface area contributed by atoms with Gasteiger partial charge in [0.1, 0.15) is 13.2 Å². The molecule has 1 fully saturated rings. The Kier molecular flexibility index (Phi) is 5.32. The normalized spacial score (nSPS) is 18.1. The maximum absolute atomic E-state index is 13.2. The van der Waals surface area contributed by atoms with Crippen molar-refractivity contribution in [3.63, 3.8) is 0 Å². The smallest absolute Gasteiger partial charge is 0.257 e. The van der Waals surface area contributed by atoms with E-state index in [0.717, 1.165) is 30.5 Å². The highest BCUT2D eigenvalue weighted by Crippen LogP contribution is 2.35. The van der Waals surface area contributed by atoms with Gasteiger partial charge in [-0.05, 0) is 43.4 Å². The van der Waals surface area contributed by atoms with Crippen LogP contribution in [-0.2, 0) is 6.42 Å². The average molecular weight is 419 g/mol. The highest BCUT2D eigenvalue weighted by molar-refractivity contribution is 5.98. The highest BCUT2D eigenvalue weighted by Gasteiger charge is 2.29. The number of benzene rings is 2. The number of carbonyl (C=O) groups is 1. The summed E-state index contributed by atoms with van der Waals surface area (Å²) in [6.07, 6.45) is 2.63. The molecule has 31 heavy (non-hydrogen) atoms. The molecule has 1 saturated heterocycles. The van der Waals surface area contributed by atoms with Crippen LogP contribution in [0.5, 0.6) is 11.5 Å². The molecule has 0 N–H and O–H groups in total. The number of fused-ring (bicyclic) bond motifs is 1. The minimum absolute atomic E-state index is 0.0156. The van der Waals surface area contributed by atoms with Gasteiger partial charge in [0, 0.05) is 25.1 Å². The molecule has 0 radical (unpaired) electrons. The lowest BCUT2D eigenvalue weighted by Gasteiger charge is -2.33. The van der Waals surface area contributed by atoms with Crippen molar-refractivity contribution in [2.75, 3.05) is 26.3 Å². The molecule has 0 bridgehead atoms. The van der Waals surface area contributed by atoms with Gasteiger partial charge >= 0.3 is 0 Å². The molecule has 0 saturated carbocycles. The van der Waals surface area contributed by atoms with E-state index in [-0.39, 0.29) is 11.8 Å². The van der Waals surface area contributed by atoms with Crippen molar-refractivity contribution in [3.05, 3.63) is 59.5 Å². The van der Waals surface area contributed by atoms with Crippen molar-refractivity contribution in [2.45, 2.75) is 26.2 Å². The Labute approximate surface area is 181 Å². The van der Waals surface area contributed by atoms with Gasteiger partial charge in [0.25, 0.3) is 5.91 Å². The summed E-state index contributed by atoms with van der Waals surface area (Å²) in [5.74, 6) is 2.69. The third-order valence-corrected chi connectivity index (χ3v) is 5.92. The monoisotopic (exact) mass is 419 g/mol. The number of ether oxygens (including phenoxy) is 2. The number of para-hydroxylation sites is 1. The van der Waals surface area contributed by atoms with E-state index in [0.29, 0.717) is 55.0 Å². The van der Waals surface area contributed by atoms with Crippen molar-refractivity contribution in [2.24, 2.45) is 5.92 Å². The van der Waals surface area contributed by atoms with E-state index in [1.54, 1.807) is 0 Å². The largest absolute Gasteiger partial charge is 0.486 e. The quantitative estimate of drug-likeness (QED) is 0.638. The molecule has 2 aliphatic rings. The van der Waals surface area contributed by atoms with E-state index in [2.05, 4.69) is 10.1 Å². The highest BCUT2D eigenvalue weighted by atomic mass is 16.6. The number of likely N-dealkylation sites (tertiary alicyclic amines) is 1. The second-order valence-electron chi connectivity index (χ2n) is 8.12. The van der Waals surface area contributed by atoms with Gasteiger partial charge in [-0.3, -0.25) is 4.79 Å². The van der Waals surface area contributed by atoms with Crippen LogP contribution >= 0.6 is 0 Å². The van der Waals surface area contributed by atoms with Crippen LogP contribution in [0.1, 0.15) is 34.7 Å². The number of piperidine rings is 1.